The van der Waals surface area contributed by atoms with Gasteiger partial charge in [0.25, 0.3) is 0 Å². The van der Waals surface area contributed by atoms with Crippen molar-refractivity contribution in [3.8, 4) is 0 Å². The molecule has 0 saturated heterocycles. The Morgan fingerprint density at radius 3 is 2.50 bits per heavy atom. The van der Waals surface area contributed by atoms with Crippen molar-refractivity contribution >= 4 is 39.5 Å². The lowest BCUT2D eigenvalue weighted by Crippen LogP contribution is -2.08. The van der Waals surface area contributed by atoms with E-state index in [1.165, 1.54) is 0 Å². The Hall–Kier alpha value is -2.46. The summed E-state index contributed by atoms with van der Waals surface area (Å²) in [6.45, 7) is 0. The number of aromatic nitrogens is 1. The third-order valence-corrected chi connectivity index (χ3v) is 3.32. The van der Waals surface area contributed by atoms with Crippen LogP contribution in [-0.2, 0) is 0 Å². The first kappa shape index (κ1) is 12.6. The molecule has 98 valence electrons. The third-order valence-electron chi connectivity index (χ3n) is 3.08. The van der Waals surface area contributed by atoms with Crippen LogP contribution in [0, 0.1) is 0 Å². The normalized spacial score (nSPS) is 10.4. The summed E-state index contributed by atoms with van der Waals surface area (Å²) >= 11 is 4.95. The van der Waals surface area contributed by atoms with Crippen LogP contribution in [0.15, 0.2) is 60.8 Å². The highest BCUT2D eigenvalue weighted by atomic mass is 32.1. The van der Waals surface area contributed by atoms with Crippen LogP contribution >= 0.6 is 12.2 Å². The van der Waals surface area contributed by atoms with Crippen LogP contribution in [-0.4, -0.2) is 9.97 Å². The Bertz CT molecular complexity index is 761. The topological polar surface area (TPSA) is 50.9 Å². The Morgan fingerprint density at radius 2 is 1.75 bits per heavy atom. The predicted molar refractivity (Wildman–Crippen MR) is 87.4 cm³/mol. The minimum absolute atomic E-state index is 0.406. The van der Waals surface area contributed by atoms with Crippen molar-refractivity contribution in [1.29, 1.82) is 0 Å². The molecule has 0 fully saturated rings. The van der Waals surface area contributed by atoms with Gasteiger partial charge in [0.2, 0.25) is 0 Å². The van der Waals surface area contributed by atoms with Gasteiger partial charge in [-0.2, -0.15) is 0 Å². The van der Waals surface area contributed by atoms with Gasteiger partial charge in [0.15, 0.2) is 0 Å². The molecule has 0 radical (unpaired) electrons. The third kappa shape index (κ3) is 2.46. The average molecular weight is 279 g/mol. The van der Waals surface area contributed by atoms with Crippen LogP contribution < -0.4 is 11.1 Å². The van der Waals surface area contributed by atoms with Gasteiger partial charge in [-0.3, -0.25) is 4.98 Å². The molecule has 3 aromatic rings. The Kier molecular flexibility index (Phi) is 3.31. The van der Waals surface area contributed by atoms with E-state index in [1.54, 1.807) is 6.20 Å². The van der Waals surface area contributed by atoms with Crippen molar-refractivity contribution < 1.29 is 0 Å². The maximum absolute atomic E-state index is 5.59. The molecule has 4 heteroatoms. The van der Waals surface area contributed by atoms with E-state index in [0.717, 1.165) is 27.8 Å². The molecule has 0 amide bonds. The second kappa shape index (κ2) is 5.27. The van der Waals surface area contributed by atoms with E-state index in [-0.39, 0.29) is 0 Å². The van der Waals surface area contributed by atoms with Crippen molar-refractivity contribution in [2.24, 2.45) is 5.73 Å². The highest BCUT2D eigenvalue weighted by Crippen LogP contribution is 2.24. The molecule has 0 aliphatic carbocycles. The van der Waals surface area contributed by atoms with Crippen LogP contribution in [0.4, 0.5) is 11.4 Å². The lowest BCUT2D eigenvalue weighted by molar-refractivity contribution is 1.40. The van der Waals surface area contributed by atoms with E-state index in [4.69, 9.17) is 18.0 Å². The zero-order valence-corrected chi connectivity index (χ0v) is 11.5. The zero-order valence-electron chi connectivity index (χ0n) is 10.7. The fraction of sp³-hybridized carbons (Fsp3) is 0. The largest absolute Gasteiger partial charge is 0.389 e. The standard InChI is InChI=1S/C16H13N3S/c17-16(20)12-6-8-13(9-7-12)19-14-5-1-3-11-4-2-10-18-15(11)14/h1-10,19H,(H2,17,20). The molecule has 0 saturated carbocycles. The first-order chi connectivity index (χ1) is 9.74. The molecule has 20 heavy (non-hydrogen) atoms. The maximum Gasteiger partial charge on any atom is 0.103 e. The molecule has 0 spiro atoms. The Balaban J connectivity index is 1.95. The van der Waals surface area contributed by atoms with Crippen molar-refractivity contribution in [2.75, 3.05) is 5.32 Å². The van der Waals surface area contributed by atoms with Crippen LogP contribution in [0.2, 0.25) is 0 Å². The number of rotatable bonds is 3. The van der Waals surface area contributed by atoms with Gasteiger partial charge in [-0.25, -0.2) is 0 Å². The van der Waals surface area contributed by atoms with Crippen LogP contribution in [0.3, 0.4) is 0 Å². The van der Waals surface area contributed by atoms with Gasteiger partial charge >= 0.3 is 0 Å². The molecule has 2 aromatic carbocycles. The first-order valence-electron chi connectivity index (χ1n) is 6.25. The highest BCUT2D eigenvalue weighted by Gasteiger charge is 2.02. The first-order valence-corrected chi connectivity index (χ1v) is 6.65. The minimum atomic E-state index is 0.406. The van der Waals surface area contributed by atoms with E-state index in [2.05, 4.69) is 10.3 Å². The van der Waals surface area contributed by atoms with Crippen LogP contribution in [0.25, 0.3) is 10.9 Å². The average Bonchev–Trinajstić information content (AvgIpc) is 2.48. The van der Waals surface area contributed by atoms with Crippen molar-refractivity contribution in [2.45, 2.75) is 0 Å². The predicted octanol–water partition coefficient (Wildman–Crippen LogP) is 3.61. The Morgan fingerprint density at radius 1 is 1.00 bits per heavy atom. The second-order valence-corrected chi connectivity index (χ2v) is 4.89. The van der Waals surface area contributed by atoms with Crippen LogP contribution in [0.5, 0.6) is 0 Å². The summed E-state index contributed by atoms with van der Waals surface area (Å²) in [6, 6.07) is 17.8. The molecule has 1 aromatic heterocycles. The fourth-order valence-electron chi connectivity index (χ4n) is 2.08. The number of benzene rings is 2. The zero-order chi connectivity index (χ0) is 13.9. The summed E-state index contributed by atoms with van der Waals surface area (Å²) in [5.41, 5.74) is 9.36. The number of hydrogen-bond acceptors (Lipinski definition) is 3. The summed E-state index contributed by atoms with van der Waals surface area (Å²) in [7, 11) is 0. The molecule has 0 bridgehead atoms. The summed E-state index contributed by atoms with van der Waals surface area (Å²) in [5, 5.41) is 4.48. The van der Waals surface area contributed by atoms with E-state index < -0.39 is 0 Å². The second-order valence-electron chi connectivity index (χ2n) is 4.45. The number of nitrogens with one attached hydrogen (secondary N) is 1. The molecular formula is C16H13N3S. The number of anilines is 2. The summed E-state index contributed by atoms with van der Waals surface area (Å²) in [5.74, 6) is 0. The molecule has 3 N–H and O–H groups in total. The Labute approximate surface area is 122 Å². The van der Waals surface area contributed by atoms with Crippen molar-refractivity contribution in [3.05, 3.63) is 66.4 Å². The van der Waals surface area contributed by atoms with Gasteiger partial charge in [0.1, 0.15) is 4.99 Å². The molecule has 0 aliphatic heterocycles. The van der Waals surface area contributed by atoms with Gasteiger partial charge in [-0.15, -0.1) is 0 Å². The fourth-order valence-corrected chi connectivity index (χ4v) is 2.21. The summed E-state index contributed by atoms with van der Waals surface area (Å²) < 4.78 is 0. The van der Waals surface area contributed by atoms with Crippen LogP contribution in [0.1, 0.15) is 5.56 Å². The molecule has 0 atom stereocenters. The summed E-state index contributed by atoms with van der Waals surface area (Å²) in [4.78, 5) is 4.83. The number of pyridine rings is 1. The van der Waals surface area contributed by atoms with Gasteiger partial charge < -0.3 is 11.1 Å². The van der Waals surface area contributed by atoms with Gasteiger partial charge in [0, 0.05) is 22.8 Å². The molecule has 3 nitrogen and oxygen atoms in total. The minimum Gasteiger partial charge on any atom is -0.389 e. The van der Waals surface area contributed by atoms with E-state index in [0.29, 0.717) is 4.99 Å². The van der Waals surface area contributed by atoms with E-state index in [1.807, 2.05) is 54.6 Å². The highest BCUT2D eigenvalue weighted by molar-refractivity contribution is 7.80. The number of hydrogen-bond donors (Lipinski definition) is 2. The van der Waals surface area contributed by atoms with Gasteiger partial charge in [-0.1, -0.05) is 30.4 Å². The van der Waals surface area contributed by atoms with E-state index in [9.17, 15) is 0 Å². The van der Waals surface area contributed by atoms with Gasteiger partial charge in [-0.05, 0) is 36.4 Å². The number of nitrogens with two attached hydrogens (primary N) is 1. The quantitative estimate of drug-likeness (QED) is 0.719. The number of thiocarbonyl (C=S) groups is 1. The molecule has 1 heterocycles. The molecular weight excluding hydrogens is 266 g/mol. The molecule has 3 rings (SSSR count). The monoisotopic (exact) mass is 279 g/mol. The maximum atomic E-state index is 5.59. The molecule has 0 aliphatic rings. The molecule has 0 unspecified atom stereocenters. The lowest BCUT2D eigenvalue weighted by atomic mass is 10.1. The SMILES string of the molecule is NC(=S)c1ccc(Nc2cccc3cccnc23)cc1. The number of fused-ring (bicyclic) bond motifs is 1. The van der Waals surface area contributed by atoms with E-state index >= 15 is 0 Å². The number of para-hydroxylation sites is 1. The number of nitrogens with zero attached hydrogens (tertiary/aromatic N) is 1. The smallest absolute Gasteiger partial charge is 0.103 e. The van der Waals surface area contributed by atoms with Crippen molar-refractivity contribution in [3.63, 3.8) is 0 Å². The summed E-state index contributed by atoms with van der Waals surface area (Å²) in [6.07, 6.45) is 1.80. The lowest BCUT2D eigenvalue weighted by Gasteiger charge is -2.09. The van der Waals surface area contributed by atoms with Gasteiger partial charge in [0.05, 0.1) is 11.2 Å². The van der Waals surface area contributed by atoms with Crippen molar-refractivity contribution in [1.82, 2.24) is 4.98 Å².